The van der Waals surface area contributed by atoms with E-state index in [9.17, 15) is 18.0 Å². The smallest absolute Gasteiger partial charge is 0.274 e. The average molecular weight is 372 g/mol. The summed E-state index contributed by atoms with van der Waals surface area (Å²) < 4.78 is 40.0. The Morgan fingerprint density at radius 1 is 1.00 bits per heavy atom. The van der Waals surface area contributed by atoms with Crippen molar-refractivity contribution in [3.63, 3.8) is 0 Å². The van der Waals surface area contributed by atoms with Gasteiger partial charge in [0.05, 0.1) is 5.69 Å². The maximum atomic E-state index is 13.7. The lowest BCUT2D eigenvalue weighted by atomic mass is 10.1. The second-order valence-corrected chi connectivity index (χ2v) is 5.58. The third-order valence-electron chi connectivity index (χ3n) is 3.82. The van der Waals surface area contributed by atoms with Crippen LogP contribution < -0.4 is 10.6 Å². The number of hydrogen-bond donors (Lipinski definition) is 2. The predicted octanol–water partition coefficient (Wildman–Crippen LogP) is 4.45. The number of carbonyl (C=O) groups excluding carboxylic acids is 1. The van der Waals surface area contributed by atoms with Crippen LogP contribution in [0.15, 0.2) is 48.7 Å². The third-order valence-corrected chi connectivity index (χ3v) is 3.82. The van der Waals surface area contributed by atoms with E-state index < -0.39 is 29.0 Å². The monoisotopic (exact) mass is 372 g/mol. The zero-order valence-corrected chi connectivity index (χ0v) is 14.3. The molecule has 0 saturated carbocycles. The molecule has 0 saturated heterocycles. The van der Waals surface area contributed by atoms with E-state index in [1.807, 2.05) is 31.2 Å². The first-order chi connectivity index (χ1) is 13.0. The number of anilines is 3. The standard InChI is InChI=1S/C19H15F3N4O/c1-2-11-5-3-4-6-13(11)25-19-23-10-9-15(26-19)18(27)24-14-8-7-12(20)16(21)17(14)22/h3-10H,2H2,1H3,(H,24,27)(H,23,25,26). The van der Waals surface area contributed by atoms with Crippen LogP contribution in [0.25, 0.3) is 0 Å². The Morgan fingerprint density at radius 3 is 2.56 bits per heavy atom. The van der Waals surface area contributed by atoms with E-state index in [-0.39, 0.29) is 11.6 Å². The van der Waals surface area contributed by atoms with Crippen molar-refractivity contribution in [3.05, 3.63) is 77.4 Å². The van der Waals surface area contributed by atoms with Crippen molar-refractivity contribution in [1.82, 2.24) is 9.97 Å². The highest BCUT2D eigenvalue weighted by atomic mass is 19.2. The largest absolute Gasteiger partial charge is 0.324 e. The van der Waals surface area contributed by atoms with Crippen LogP contribution >= 0.6 is 0 Å². The second kappa shape index (κ2) is 7.86. The van der Waals surface area contributed by atoms with E-state index >= 15 is 0 Å². The first kappa shape index (κ1) is 18.4. The van der Waals surface area contributed by atoms with Crippen LogP contribution in [0.1, 0.15) is 23.0 Å². The molecule has 8 heteroatoms. The molecule has 0 spiro atoms. The van der Waals surface area contributed by atoms with Gasteiger partial charge in [-0.15, -0.1) is 0 Å². The molecular formula is C19H15F3N4O. The molecule has 0 atom stereocenters. The van der Waals surface area contributed by atoms with E-state index in [0.29, 0.717) is 0 Å². The first-order valence-electron chi connectivity index (χ1n) is 8.12. The molecular weight excluding hydrogens is 357 g/mol. The van der Waals surface area contributed by atoms with Crippen molar-refractivity contribution >= 4 is 23.2 Å². The molecule has 0 bridgehead atoms. The molecule has 3 aromatic rings. The molecule has 0 aliphatic rings. The number of hydrogen-bond acceptors (Lipinski definition) is 4. The second-order valence-electron chi connectivity index (χ2n) is 5.58. The molecule has 0 unspecified atom stereocenters. The molecule has 2 N–H and O–H groups in total. The fourth-order valence-corrected chi connectivity index (χ4v) is 2.43. The van der Waals surface area contributed by atoms with Crippen molar-refractivity contribution in [2.24, 2.45) is 0 Å². The minimum absolute atomic E-state index is 0.0642. The van der Waals surface area contributed by atoms with E-state index in [0.717, 1.165) is 29.8 Å². The summed E-state index contributed by atoms with van der Waals surface area (Å²) >= 11 is 0. The Morgan fingerprint density at radius 2 is 1.78 bits per heavy atom. The molecule has 0 aliphatic carbocycles. The van der Waals surface area contributed by atoms with Crippen LogP contribution in [0.5, 0.6) is 0 Å². The van der Waals surface area contributed by atoms with Gasteiger partial charge in [-0.3, -0.25) is 4.79 Å². The zero-order chi connectivity index (χ0) is 19.4. The number of rotatable bonds is 5. The van der Waals surface area contributed by atoms with Crippen LogP contribution in [-0.4, -0.2) is 15.9 Å². The van der Waals surface area contributed by atoms with E-state index in [4.69, 9.17) is 0 Å². The van der Waals surface area contributed by atoms with Gasteiger partial charge in [-0.25, -0.2) is 23.1 Å². The van der Waals surface area contributed by atoms with Gasteiger partial charge in [0.25, 0.3) is 5.91 Å². The van der Waals surface area contributed by atoms with Crippen LogP contribution in [0.4, 0.5) is 30.5 Å². The highest BCUT2D eigenvalue weighted by Gasteiger charge is 2.17. The molecule has 0 aliphatic heterocycles. The lowest BCUT2D eigenvalue weighted by Crippen LogP contribution is -2.16. The van der Waals surface area contributed by atoms with Gasteiger partial charge in [0.15, 0.2) is 17.5 Å². The summed E-state index contributed by atoms with van der Waals surface area (Å²) in [6.07, 6.45) is 2.15. The Balaban J connectivity index is 1.81. The van der Waals surface area contributed by atoms with Crippen molar-refractivity contribution in [1.29, 1.82) is 0 Å². The molecule has 5 nitrogen and oxygen atoms in total. The predicted molar refractivity (Wildman–Crippen MR) is 95.4 cm³/mol. The van der Waals surface area contributed by atoms with E-state index in [1.165, 1.54) is 12.3 Å². The van der Waals surface area contributed by atoms with Crippen LogP contribution in [-0.2, 0) is 6.42 Å². The average Bonchev–Trinajstić information content (AvgIpc) is 2.69. The van der Waals surface area contributed by atoms with Crippen LogP contribution in [0.2, 0.25) is 0 Å². The number of halogens is 3. The molecule has 1 amide bonds. The Hall–Kier alpha value is -3.42. The van der Waals surface area contributed by atoms with Crippen LogP contribution in [0.3, 0.4) is 0 Å². The Bertz CT molecular complexity index is 994. The van der Waals surface area contributed by atoms with Gasteiger partial charge in [0.2, 0.25) is 5.95 Å². The van der Waals surface area contributed by atoms with Crippen molar-refractivity contribution in [2.45, 2.75) is 13.3 Å². The number of amides is 1. The van der Waals surface area contributed by atoms with Gasteiger partial charge < -0.3 is 10.6 Å². The summed E-state index contributed by atoms with van der Waals surface area (Å²) in [5.41, 5.74) is 1.29. The SMILES string of the molecule is CCc1ccccc1Nc1nccc(C(=O)Nc2ccc(F)c(F)c2F)n1. The number of benzene rings is 2. The number of para-hydroxylation sites is 1. The van der Waals surface area contributed by atoms with Crippen molar-refractivity contribution in [3.8, 4) is 0 Å². The fourth-order valence-electron chi connectivity index (χ4n) is 2.43. The molecule has 0 fully saturated rings. The number of aromatic nitrogens is 2. The van der Waals surface area contributed by atoms with Gasteiger partial charge in [0, 0.05) is 11.9 Å². The van der Waals surface area contributed by atoms with Crippen molar-refractivity contribution < 1.29 is 18.0 Å². The van der Waals surface area contributed by atoms with Gasteiger partial charge in [-0.1, -0.05) is 25.1 Å². The Kier molecular flexibility index (Phi) is 5.35. The molecule has 138 valence electrons. The molecule has 3 rings (SSSR count). The molecule has 0 radical (unpaired) electrons. The van der Waals surface area contributed by atoms with Gasteiger partial charge >= 0.3 is 0 Å². The zero-order valence-electron chi connectivity index (χ0n) is 14.3. The summed E-state index contributed by atoms with van der Waals surface area (Å²) in [5.74, 6) is -5.08. The number of carbonyl (C=O) groups is 1. The molecule has 1 aromatic heterocycles. The maximum absolute atomic E-state index is 13.7. The minimum Gasteiger partial charge on any atom is -0.324 e. The number of nitrogens with one attached hydrogen (secondary N) is 2. The lowest BCUT2D eigenvalue weighted by molar-refractivity contribution is 0.102. The van der Waals surface area contributed by atoms with Crippen molar-refractivity contribution in [2.75, 3.05) is 10.6 Å². The van der Waals surface area contributed by atoms with Gasteiger partial charge in [-0.05, 0) is 36.2 Å². The summed E-state index contributed by atoms with van der Waals surface area (Å²) in [5, 5.41) is 5.19. The molecule has 2 aromatic carbocycles. The molecule has 27 heavy (non-hydrogen) atoms. The highest BCUT2D eigenvalue weighted by molar-refractivity contribution is 6.03. The quantitative estimate of drug-likeness (QED) is 0.650. The Labute approximate surface area is 153 Å². The summed E-state index contributed by atoms with van der Waals surface area (Å²) in [6, 6.07) is 10.5. The number of aryl methyl sites for hydroxylation is 1. The normalized spacial score (nSPS) is 10.5. The van der Waals surface area contributed by atoms with E-state index in [2.05, 4.69) is 20.6 Å². The lowest BCUT2D eigenvalue weighted by Gasteiger charge is -2.10. The first-order valence-corrected chi connectivity index (χ1v) is 8.12. The topological polar surface area (TPSA) is 66.9 Å². The van der Waals surface area contributed by atoms with Gasteiger partial charge in [-0.2, -0.15) is 0 Å². The third kappa shape index (κ3) is 4.05. The summed E-state index contributed by atoms with van der Waals surface area (Å²) in [7, 11) is 0. The minimum atomic E-state index is -1.66. The summed E-state index contributed by atoms with van der Waals surface area (Å²) in [4.78, 5) is 20.4. The maximum Gasteiger partial charge on any atom is 0.274 e. The fraction of sp³-hybridized carbons (Fsp3) is 0.105. The van der Waals surface area contributed by atoms with Crippen LogP contribution in [0, 0.1) is 17.5 Å². The van der Waals surface area contributed by atoms with E-state index in [1.54, 1.807) is 0 Å². The molecule has 1 heterocycles. The highest BCUT2D eigenvalue weighted by Crippen LogP contribution is 2.21. The van der Waals surface area contributed by atoms with Gasteiger partial charge in [0.1, 0.15) is 5.69 Å². The number of nitrogens with zero attached hydrogens (tertiary/aromatic N) is 2. The summed E-state index contributed by atoms with van der Waals surface area (Å²) in [6.45, 7) is 2.00.